The van der Waals surface area contributed by atoms with Crippen LogP contribution in [0, 0.1) is 5.82 Å². The van der Waals surface area contributed by atoms with Gasteiger partial charge in [-0.15, -0.1) is 0 Å². The molecule has 0 aromatic heterocycles. The molecule has 4 heteroatoms. The van der Waals surface area contributed by atoms with Gasteiger partial charge in [0, 0.05) is 20.3 Å². The largest absolute Gasteiger partial charge is 0.324 e. The van der Waals surface area contributed by atoms with E-state index < -0.39 is 0 Å². The van der Waals surface area contributed by atoms with Crippen LogP contribution in [0.25, 0.3) is 0 Å². The third kappa shape index (κ3) is 3.34. The Labute approximate surface area is 119 Å². The van der Waals surface area contributed by atoms with Gasteiger partial charge in [-0.05, 0) is 48.9 Å². The van der Waals surface area contributed by atoms with Gasteiger partial charge in [0.05, 0.1) is 0 Å². The topological polar surface area (TPSA) is 26.0 Å². The van der Waals surface area contributed by atoms with Crippen LogP contribution in [0.2, 0.25) is 0 Å². The molecule has 2 rings (SSSR count). The van der Waals surface area contributed by atoms with E-state index in [2.05, 4.69) is 15.9 Å². The molecule has 2 aromatic carbocycles. The molecule has 0 saturated heterocycles. The average Bonchev–Trinajstić information content (AvgIpc) is 2.34. The van der Waals surface area contributed by atoms with Gasteiger partial charge in [0.25, 0.3) is 0 Å². The van der Waals surface area contributed by atoms with E-state index in [0.29, 0.717) is 4.90 Å². The normalized spacial score (nSPS) is 12.4. The predicted octanol–water partition coefficient (Wildman–Crippen LogP) is 4.76. The van der Waals surface area contributed by atoms with Gasteiger partial charge < -0.3 is 5.73 Å². The van der Waals surface area contributed by atoms with Crippen molar-refractivity contribution in [1.82, 2.24) is 0 Å². The van der Waals surface area contributed by atoms with Crippen LogP contribution in [0.3, 0.4) is 0 Å². The molecule has 0 amide bonds. The summed E-state index contributed by atoms with van der Waals surface area (Å²) in [4.78, 5) is 1.62. The molecular weight excluding hydrogens is 313 g/mol. The number of benzene rings is 2. The van der Waals surface area contributed by atoms with Gasteiger partial charge in [-0.2, -0.15) is 0 Å². The van der Waals surface area contributed by atoms with Gasteiger partial charge in [0.2, 0.25) is 0 Å². The Bertz CT molecular complexity index is 540. The first-order valence-electron chi connectivity index (χ1n) is 5.54. The second-order valence-corrected chi connectivity index (χ2v) is 6.07. The van der Waals surface area contributed by atoms with E-state index >= 15 is 0 Å². The molecular formula is C14H13BrFNS. The lowest BCUT2D eigenvalue weighted by atomic mass is 10.1. The number of rotatable bonds is 3. The number of halogens is 2. The SMILES string of the molecule is C[C@H](N)c1ccc(Sc2ccc(Br)cc2)c(F)c1. The lowest BCUT2D eigenvalue weighted by Crippen LogP contribution is -2.05. The zero-order valence-corrected chi connectivity index (χ0v) is 12.3. The molecule has 0 saturated carbocycles. The maximum absolute atomic E-state index is 13.9. The van der Waals surface area contributed by atoms with E-state index in [1.807, 2.05) is 37.3 Å². The van der Waals surface area contributed by atoms with Gasteiger partial charge >= 0.3 is 0 Å². The Morgan fingerprint density at radius 2 is 1.83 bits per heavy atom. The fraction of sp³-hybridized carbons (Fsp3) is 0.143. The summed E-state index contributed by atoms with van der Waals surface area (Å²) in [6, 6.07) is 12.8. The summed E-state index contributed by atoms with van der Waals surface area (Å²) in [5.74, 6) is -0.224. The molecule has 0 aliphatic carbocycles. The first-order valence-corrected chi connectivity index (χ1v) is 7.15. The molecule has 0 bridgehead atoms. The first kappa shape index (κ1) is 13.6. The Hall–Kier alpha value is -0.840. The second kappa shape index (κ2) is 5.87. The highest BCUT2D eigenvalue weighted by Gasteiger charge is 2.07. The van der Waals surface area contributed by atoms with Crippen molar-refractivity contribution in [3.05, 3.63) is 58.3 Å². The lowest BCUT2D eigenvalue weighted by molar-refractivity contribution is 0.596. The van der Waals surface area contributed by atoms with Crippen LogP contribution in [-0.4, -0.2) is 0 Å². The van der Waals surface area contributed by atoms with Crippen molar-refractivity contribution in [2.24, 2.45) is 5.73 Å². The van der Waals surface area contributed by atoms with Gasteiger partial charge in [-0.1, -0.05) is 33.8 Å². The zero-order chi connectivity index (χ0) is 13.1. The number of hydrogen-bond donors (Lipinski definition) is 1. The molecule has 0 radical (unpaired) electrons. The summed E-state index contributed by atoms with van der Waals surface area (Å²) in [7, 11) is 0. The van der Waals surface area contributed by atoms with E-state index in [0.717, 1.165) is 14.9 Å². The molecule has 0 aliphatic rings. The Morgan fingerprint density at radius 3 is 2.39 bits per heavy atom. The zero-order valence-electron chi connectivity index (χ0n) is 9.86. The van der Waals surface area contributed by atoms with Crippen LogP contribution in [-0.2, 0) is 0 Å². The minimum atomic E-state index is -0.224. The van der Waals surface area contributed by atoms with Crippen molar-refractivity contribution in [2.45, 2.75) is 22.8 Å². The van der Waals surface area contributed by atoms with Gasteiger partial charge in [0.15, 0.2) is 0 Å². The summed E-state index contributed by atoms with van der Waals surface area (Å²) in [5, 5.41) is 0. The monoisotopic (exact) mass is 325 g/mol. The average molecular weight is 326 g/mol. The van der Waals surface area contributed by atoms with Crippen LogP contribution in [0.5, 0.6) is 0 Å². The van der Waals surface area contributed by atoms with Crippen LogP contribution in [0.1, 0.15) is 18.5 Å². The summed E-state index contributed by atoms with van der Waals surface area (Å²) < 4.78 is 14.9. The molecule has 0 spiro atoms. The Morgan fingerprint density at radius 1 is 1.17 bits per heavy atom. The maximum Gasteiger partial charge on any atom is 0.137 e. The van der Waals surface area contributed by atoms with Gasteiger partial charge in [-0.3, -0.25) is 0 Å². The molecule has 0 fully saturated rings. The third-order valence-electron chi connectivity index (χ3n) is 2.52. The highest BCUT2D eigenvalue weighted by atomic mass is 79.9. The maximum atomic E-state index is 13.9. The van der Waals surface area contributed by atoms with E-state index in [4.69, 9.17) is 5.73 Å². The number of hydrogen-bond acceptors (Lipinski definition) is 2. The van der Waals surface area contributed by atoms with E-state index in [1.165, 1.54) is 17.8 Å². The van der Waals surface area contributed by atoms with Gasteiger partial charge in [-0.25, -0.2) is 4.39 Å². The molecule has 18 heavy (non-hydrogen) atoms. The van der Waals surface area contributed by atoms with Crippen LogP contribution >= 0.6 is 27.7 Å². The van der Waals surface area contributed by atoms with Crippen molar-refractivity contribution in [3.63, 3.8) is 0 Å². The van der Waals surface area contributed by atoms with Crippen LogP contribution in [0.15, 0.2) is 56.7 Å². The fourth-order valence-corrected chi connectivity index (χ4v) is 2.60. The standard InChI is InChI=1S/C14H13BrFNS/c1-9(17)10-2-7-14(13(16)8-10)18-12-5-3-11(15)4-6-12/h2-9H,17H2,1H3/t9-/m0/s1. The van der Waals surface area contributed by atoms with Crippen molar-refractivity contribution in [2.75, 3.05) is 0 Å². The second-order valence-electron chi connectivity index (χ2n) is 4.03. The Balaban J connectivity index is 2.22. The molecule has 0 heterocycles. The van der Waals surface area contributed by atoms with Crippen molar-refractivity contribution in [3.8, 4) is 0 Å². The van der Waals surface area contributed by atoms with E-state index in [1.54, 1.807) is 6.07 Å². The van der Waals surface area contributed by atoms with E-state index in [9.17, 15) is 4.39 Å². The van der Waals surface area contributed by atoms with E-state index in [-0.39, 0.29) is 11.9 Å². The highest BCUT2D eigenvalue weighted by molar-refractivity contribution is 9.10. The minimum absolute atomic E-state index is 0.147. The quantitative estimate of drug-likeness (QED) is 0.880. The fourth-order valence-electron chi connectivity index (χ4n) is 1.51. The molecule has 2 aromatic rings. The van der Waals surface area contributed by atoms with Crippen LogP contribution < -0.4 is 5.73 Å². The lowest BCUT2D eigenvalue weighted by Gasteiger charge is -2.08. The highest BCUT2D eigenvalue weighted by Crippen LogP contribution is 2.31. The van der Waals surface area contributed by atoms with Crippen molar-refractivity contribution >= 4 is 27.7 Å². The molecule has 0 unspecified atom stereocenters. The van der Waals surface area contributed by atoms with Crippen molar-refractivity contribution < 1.29 is 4.39 Å². The summed E-state index contributed by atoms with van der Waals surface area (Å²) in [6.07, 6.45) is 0. The molecule has 0 aliphatic heterocycles. The summed E-state index contributed by atoms with van der Waals surface area (Å²) >= 11 is 4.78. The van der Waals surface area contributed by atoms with Crippen molar-refractivity contribution in [1.29, 1.82) is 0 Å². The van der Waals surface area contributed by atoms with Crippen LogP contribution in [0.4, 0.5) is 4.39 Å². The first-order chi connectivity index (χ1) is 8.56. The molecule has 1 nitrogen and oxygen atoms in total. The predicted molar refractivity (Wildman–Crippen MR) is 77.3 cm³/mol. The number of nitrogens with two attached hydrogens (primary N) is 1. The smallest absolute Gasteiger partial charge is 0.137 e. The summed E-state index contributed by atoms with van der Waals surface area (Å²) in [6.45, 7) is 1.84. The minimum Gasteiger partial charge on any atom is -0.324 e. The molecule has 94 valence electrons. The molecule has 2 N–H and O–H groups in total. The van der Waals surface area contributed by atoms with Gasteiger partial charge in [0.1, 0.15) is 5.82 Å². The molecule has 1 atom stereocenters. The summed E-state index contributed by atoms with van der Waals surface area (Å²) in [5.41, 5.74) is 6.54. The third-order valence-corrected chi connectivity index (χ3v) is 4.11. The Kier molecular flexibility index (Phi) is 4.43.